The normalized spacial score (nSPS) is 27.1. The molecule has 2 heterocycles. The Bertz CT molecular complexity index is 794. The van der Waals surface area contributed by atoms with Crippen LogP contribution in [0, 0.1) is 11.1 Å². The van der Waals surface area contributed by atoms with Crippen molar-refractivity contribution >= 4 is 17.8 Å². The molecule has 2 fully saturated rings. The Balaban J connectivity index is 1.77. The second-order valence-corrected chi connectivity index (χ2v) is 8.86. The van der Waals surface area contributed by atoms with Gasteiger partial charge in [-0.05, 0) is 26.3 Å². The third kappa shape index (κ3) is 5.16. The summed E-state index contributed by atoms with van der Waals surface area (Å²) in [4.78, 5) is 37.7. The molecule has 3 unspecified atom stereocenters. The molecule has 9 nitrogen and oxygen atoms in total. The summed E-state index contributed by atoms with van der Waals surface area (Å²) >= 11 is 0. The maximum atomic E-state index is 13.9. The van der Waals surface area contributed by atoms with Gasteiger partial charge in [0.05, 0.1) is 6.42 Å². The molecule has 3 atom stereocenters. The van der Waals surface area contributed by atoms with E-state index < -0.39 is 28.4 Å². The van der Waals surface area contributed by atoms with Crippen molar-refractivity contribution in [2.75, 3.05) is 19.8 Å². The van der Waals surface area contributed by atoms with Gasteiger partial charge in [0.15, 0.2) is 6.17 Å². The third-order valence-electron chi connectivity index (χ3n) is 5.22. The predicted octanol–water partition coefficient (Wildman–Crippen LogP) is 1.04. The van der Waals surface area contributed by atoms with Crippen LogP contribution in [0.4, 0.5) is 0 Å². The lowest BCUT2D eigenvalue weighted by Gasteiger charge is -2.55. The molecule has 1 aromatic carbocycles. The Labute approximate surface area is 176 Å². The predicted molar refractivity (Wildman–Crippen MR) is 109 cm³/mol. The summed E-state index contributed by atoms with van der Waals surface area (Å²) in [5.74, 6) is -1.81. The van der Waals surface area contributed by atoms with Gasteiger partial charge in [0, 0.05) is 19.4 Å². The minimum atomic E-state index is -1.09. The Morgan fingerprint density at radius 1 is 1.30 bits per heavy atom. The highest BCUT2D eigenvalue weighted by atomic mass is 16.6. The molecule has 2 saturated heterocycles. The quantitative estimate of drug-likeness (QED) is 0.429. The molecule has 1 aromatic rings. The molecule has 3 rings (SSSR count). The Morgan fingerprint density at radius 2 is 2.00 bits per heavy atom. The molecular weight excluding hydrogens is 388 g/mol. The van der Waals surface area contributed by atoms with E-state index in [1.165, 1.54) is 5.01 Å². The van der Waals surface area contributed by atoms with Crippen LogP contribution in [0.1, 0.15) is 39.2 Å². The molecule has 9 heteroatoms. The average Bonchev–Trinajstić information content (AvgIpc) is 2.84. The molecule has 0 bridgehead atoms. The largest absolute Gasteiger partial charge is 0.604 e. The van der Waals surface area contributed by atoms with Crippen molar-refractivity contribution in [1.82, 2.24) is 15.6 Å². The van der Waals surface area contributed by atoms with Gasteiger partial charge < -0.3 is 15.3 Å². The fourth-order valence-corrected chi connectivity index (χ4v) is 3.84. The molecule has 2 aliphatic heterocycles. The van der Waals surface area contributed by atoms with Gasteiger partial charge in [0.2, 0.25) is 5.91 Å². The molecule has 164 valence electrons. The maximum Gasteiger partial charge on any atom is 0.316 e. The van der Waals surface area contributed by atoms with Crippen molar-refractivity contribution in [2.24, 2.45) is 5.92 Å². The van der Waals surface area contributed by atoms with E-state index in [0.29, 0.717) is 0 Å². The van der Waals surface area contributed by atoms with Gasteiger partial charge in [-0.2, -0.15) is 5.01 Å². The number of hydrogen-bond acceptors (Lipinski definition) is 6. The molecule has 30 heavy (non-hydrogen) atoms. The van der Waals surface area contributed by atoms with E-state index in [0.717, 1.165) is 5.56 Å². The number of amides is 2. The molecular formula is C21H30N4O5. The van der Waals surface area contributed by atoms with Crippen molar-refractivity contribution in [1.29, 1.82) is 0 Å². The van der Waals surface area contributed by atoms with Crippen LogP contribution >= 0.6 is 0 Å². The molecule has 0 radical (unpaired) electrons. The number of hydrogen-bond donors (Lipinski definition) is 2. The van der Waals surface area contributed by atoms with Gasteiger partial charge in [-0.3, -0.25) is 19.7 Å². The van der Waals surface area contributed by atoms with E-state index >= 15 is 0 Å². The van der Waals surface area contributed by atoms with Crippen LogP contribution in [0.2, 0.25) is 0 Å². The molecule has 0 aliphatic carbocycles. The number of hydroxylamine groups is 2. The lowest BCUT2D eigenvalue weighted by Crippen LogP contribution is -2.72. The van der Waals surface area contributed by atoms with Gasteiger partial charge in [-0.1, -0.05) is 30.3 Å². The molecule has 0 aromatic heterocycles. The number of ether oxygens (including phenoxy) is 1. The summed E-state index contributed by atoms with van der Waals surface area (Å²) in [5.41, 5.74) is 0.151. The van der Waals surface area contributed by atoms with Crippen molar-refractivity contribution in [2.45, 2.75) is 51.8 Å². The van der Waals surface area contributed by atoms with E-state index in [1.807, 2.05) is 30.3 Å². The summed E-state index contributed by atoms with van der Waals surface area (Å²) < 4.78 is 4.37. The van der Waals surface area contributed by atoms with Crippen molar-refractivity contribution < 1.29 is 23.9 Å². The number of benzene rings is 1. The first-order chi connectivity index (χ1) is 14.1. The van der Waals surface area contributed by atoms with E-state index in [9.17, 15) is 19.6 Å². The topological polar surface area (TPSA) is 111 Å². The third-order valence-corrected chi connectivity index (χ3v) is 5.22. The fourth-order valence-electron chi connectivity index (χ4n) is 3.84. The summed E-state index contributed by atoms with van der Waals surface area (Å²) in [6.45, 7) is 5.36. The zero-order valence-electron chi connectivity index (χ0n) is 17.7. The van der Waals surface area contributed by atoms with Crippen LogP contribution in [-0.4, -0.2) is 59.1 Å². The first-order valence-electron chi connectivity index (χ1n) is 10.2. The summed E-state index contributed by atoms with van der Waals surface area (Å²) in [6, 6.07) is 9.23. The zero-order chi connectivity index (χ0) is 21.9. The monoisotopic (exact) mass is 418 g/mol. The highest BCUT2D eigenvalue weighted by molar-refractivity contribution is 5.79. The smallest absolute Gasteiger partial charge is 0.316 e. The Morgan fingerprint density at radius 3 is 2.67 bits per heavy atom. The number of quaternary nitrogens is 1. The Kier molecular flexibility index (Phi) is 6.44. The van der Waals surface area contributed by atoms with Gasteiger partial charge in [-0.25, -0.2) is 4.76 Å². The number of carbonyl (C=O) groups excluding carboxylic acids is 3. The number of rotatable bonds is 4. The molecule has 0 spiro atoms. The highest BCUT2D eigenvalue weighted by Crippen LogP contribution is 2.29. The zero-order valence-corrected chi connectivity index (χ0v) is 17.7. The SMILES string of the molecule is CC(C)(C)OC(=O)C1CNCN2C(=O)CCC(NC(=O)Cc3ccccc3)[N+]2([O-])C1. The van der Waals surface area contributed by atoms with E-state index in [2.05, 4.69) is 10.6 Å². The van der Waals surface area contributed by atoms with Gasteiger partial charge >= 0.3 is 5.97 Å². The second kappa shape index (κ2) is 8.71. The van der Waals surface area contributed by atoms with Crippen LogP contribution < -0.4 is 10.6 Å². The molecule has 2 N–H and O–H groups in total. The first kappa shape index (κ1) is 22.2. The average molecular weight is 418 g/mol. The van der Waals surface area contributed by atoms with Crippen molar-refractivity contribution in [3.8, 4) is 0 Å². The van der Waals surface area contributed by atoms with Crippen molar-refractivity contribution in [3.63, 3.8) is 0 Å². The van der Waals surface area contributed by atoms with Crippen LogP contribution in [0.3, 0.4) is 0 Å². The molecule has 2 amide bonds. The van der Waals surface area contributed by atoms with Gasteiger partial charge in [-0.15, -0.1) is 0 Å². The number of nitrogens with one attached hydrogen (secondary N) is 2. The van der Waals surface area contributed by atoms with Gasteiger partial charge in [0.1, 0.15) is 24.7 Å². The number of fused-ring (bicyclic) bond motifs is 1. The first-order valence-corrected chi connectivity index (χ1v) is 10.2. The van der Waals surface area contributed by atoms with E-state index in [-0.39, 0.29) is 50.8 Å². The second-order valence-electron chi connectivity index (χ2n) is 8.86. The lowest BCUT2D eigenvalue weighted by molar-refractivity contribution is -1.01. The summed E-state index contributed by atoms with van der Waals surface area (Å²) in [7, 11) is 0. The molecule has 0 saturated carbocycles. The Hall–Kier alpha value is -2.49. The van der Waals surface area contributed by atoms with Crippen LogP contribution in [0.25, 0.3) is 0 Å². The number of esters is 1. The standard InChI is InChI=1S/C21H30N4O5/c1-21(2,3)30-20(28)16-12-22-14-24-19(27)10-9-17(25(24,29)13-16)23-18(26)11-15-7-5-4-6-8-15/h4-8,16-17,22H,9-14H2,1-3H3,(H,23,26). The highest BCUT2D eigenvalue weighted by Gasteiger charge is 2.48. The maximum absolute atomic E-state index is 13.9. The molecule has 2 aliphatic rings. The van der Waals surface area contributed by atoms with Crippen LogP contribution in [0.15, 0.2) is 30.3 Å². The number of nitrogens with zero attached hydrogens (tertiary/aromatic N) is 2. The van der Waals surface area contributed by atoms with Crippen LogP contribution in [0.5, 0.6) is 0 Å². The van der Waals surface area contributed by atoms with Gasteiger partial charge in [0.25, 0.3) is 5.91 Å². The number of carbonyl (C=O) groups is 3. The van der Waals surface area contributed by atoms with Crippen LogP contribution in [-0.2, 0) is 25.5 Å². The van der Waals surface area contributed by atoms with E-state index in [1.54, 1.807) is 20.8 Å². The van der Waals surface area contributed by atoms with Crippen molar-refractivity contribution in [3.05, 3.63) is 41.1 Å². The summed E-state index contributed by atoms with van der Waals surface area (Å²) in [5, 5.41) is 20.9. The fraction of sp³-hybridized carbons (Fsp3) is 0.571. The lowest BCUT2D eigenvalue weighted by atomic mass is 10.1. The summed E-state index contributed by atoms with van der Waals surface area (Å²) in [6.07, 6.45) is -0.319. The minimum Gasteiger partial charge on any atom is -0.604 e. The minimum absolute atomic E-state index is 0.0205. The van der Waals surface area contributed by atoms with E-state index in [4.69, 9.17) is 4.74 Å².